The predicted octanol–water partition coefficient (Wildman–Crippen LogP) is 4.84. The van der Waals surface area contributed by atoms with Gasteiger partial charge in [0, 0.05) is 24.7 Å². The van der Waals surface area contributed by atoms with Crippen LogP contribution in [0.25, 0.3) is 33.5 Å². The third-order valence-corrected chi connectivity index (χ3v) is 5.68. The second-order valence-corrected chi connectivity index (χ2v) is 7.53. The maximum atomic E-state index is 12.2. The summed E-state index contributed by atoms with van der Waals surface area (Å²) in [5, 5.41) is 2.66. The summed E-state index contributed by atoms with van der Waals surface area (Å²) in [5.74, 6) is 0.312. The van der Waals surface area contributed by atoms with Gasteiger partial charge in [0.1, 0.15) is 5.82 Å². The van der Waals surface area contributed by atoms with E-state index in [0.717, 1.165) is 45.7 Å². The highest BCUT2D eigenvalue weighted by Crippen LogP contribution is 2.34. The van der Waals surface area contributed by atoms with Gasteiger partial charge in [-0.2, -0.15) is 0 Å². The standard InChI is InChI=1S/C26H25N3O3/c1-5-29-23-13-12-18(25(30)27-3)15-22(23)28-24(29)20-9-7-6-8-19(20)17-11-10-16(2)21(14-17)26(31)32-4/h6-15H,5H2,1-4H3,(H,27,30). The molecule has 0 aliphatic rings. The van der Waals surface area contributed by atoms with Gasteiger partial charge in [-0.1, -0.05) is 36.4 Å². The number of imidazole rings is 1. The van der Waals surface area contributed by atoms with E-state index in [1.165, 1.54) is 7.11 Å². The highest BCUT2D eigenvalue weighted by atomic mass is 16.5. The molecule has 4 rings (SSSR count). The highest BCUT2D eigenvalue weighted by Gasteiger charge is 2.18. The number of hydrogen-bond acceptors (Lipinski definition) is 4. The fraction of sp³-hybridized carbons (Fsp3) is 0.192. The quantitative estimate of drug-likeness (QED) is 0.462. The molecule has 1 aromatic heterocycles. The number of ether oxygens (including phenoxy) is 1. The molecule has 0 spiro atoms. The second kappa shape index (κ2) is 8.67. The number of hydrogen-bond donors (Lipinski definition) is 1. The zero-order valence-corrected chi connectivity index (χ0v) is 18.6. The van der Waals surface area contributed by atoms with Gasteiger partial charge in [-0.3, -0.25) is 4.79 Å². The van der Waals surface area contributed by atoms with Gasteiger partial charge in [-0.05, 0) is 54.8 Å². The van der Waals surface area contributed by atoms with Crippen molar-refractivity contribution in [3.8, 4) is 22.5 Å². The zero-order valence-electron chi connectivity index (χ0n) is 18.6. The molecular formula is C26H25N3O3. The molecule has 0 unspecified atom stereocenters. The average Bonchev–Trinajstić information content (AvgIpc) is 3.21. The normalized spacial score (nSPS) is 10.9. The number of benzene rings is 3. The molecule has 1 N–H and O–H groups in total. The van der Waals surface area contributed by atoms with Crippen LogP contribution in [0.5, 0.6) is 0 Å². The molecule has 0 saturated carbocycles. The van der Waals surface area contributed by atoms with Gasteiger partial charge < -0.3 is 14.6 Å². The third kappa shape index (κ3) is 3.64. The molecule has 1 heterocycles. The zero-order chi connectivity index (χ0) is 22.8. The molecule has 0 fully saturated rings. The lowest BCUT2D eigenvalue weighted by molar-refractivity contribution is 0.0600. The van der Waals surface area contributed by atoms with Crippen molar-refractivity contribution < 1.29 is 14.3 Å². The lowest BCUT2D eigenvalue weighted by Gasteiger charge is -2.13. The van der Waals surface area contributed by atoms with Crippen LogP contribution in [-0.4, -0.2) is 35.6 Å². The monoisotopic (exact) mass is 427 g/mol. The lowest BCUT2D eigenvalue weighted by Crippen LogP contribution is -2.17. The second-order valence-electron chi connectivity index (χ2n) is 7.53. The largest absolute Gasteiger partial charge is 0.465 e. The van der Waals surface area contributed by atoms with Crippen LogP contribution in [-0.2, 0) is 11.3 Å². The number of amides is 1. The van der Waals surface area contributed by atoms with E-state index in [0.29, 0.717) is 11.1 Å². The first-order valence-corrected chi connectivity index (χ1v) is 10.5. The van der Waals surface area contributed by atoms with Gasteiger partial charge in [0.2, 0.25) is 0 Å². The highest BCUT2D eigenvalue weighted by molar-refractivity contribution is 5.98. The van der Waals surface area contributed by atoms with Crippen LogP contribution < -0.4 is 5.32 Å². The SMILES string of the molecule is CCn1c(-c2ccccc2-c2ccc(C)c(C(=O)OC)c2)nc2cc(C(=O)NC)ccc21. The Labute approximate surface area is 186 Å². The van der Waals surface area contributed by atoms with Crippen LogP contribution in [0.4, 0.5) is 0 Å². The first-order valence-electron chi connectivity index (χ1n) is 10.5. The van der Waals surface area contributed by atoms with Crippen molar-refractivity contribution in [3.63, 3.8) is 0 Å². The summed E-state index contributed by atoms with van der Waals surface area (Å²) in [7, 11) is 3.00. The van der Waals surface area contributed by atoms with Crippen molar-refractivity contribution in [1.82, 2.24) is 14.9 Å². The Kier molecular flexibility index (Phi) is 5.77. The van der Waals surface area contributed by atoms with Gasteiger partial charge in [-0.25, -0.2) is 9.78 Å². The van der Waals surface area contributed by atoms with Gasteiger partial charge >= 0.3 is 5.97 Å². The van der Waals surface area contributed by atoms with Gasteiger partial charge in [-0.15, -0.1) is 0 Å². The van der Waals surface area contributed by atoms with Crippen molar-refractivity contribution in [3.05, 3.63) is 77.4 Å². The van der Waals surface area contributed by atoms with Gasteiger partial charge in [0.05, 0.1) is 23.7 Å². The number of methoxy groups -OCH3 is 1. The van der Waals surface area contributed by atoms with Crippen molar-refractivity contribution in [2.75, 3.05) is 14.2 Å². The number of carbonyl (C=O) groups is 2. The average molecular weight is 428 g/mol. The third-order valence-electron chi connectivity index (χ3n) is 5.68. The number of fused-ring (bicyclic) bond motifs is 1. The number of aryl methyl sites for hydroxylation is 2. The molecule has 32 heavy (non-hydrogen) atoms. The Bertz CT molecular complexity index is 1340. The van der Waals surface area contributed by atoms with E-state index in [2.05, 4.69) is 16.8 Å². The molecule has 3 aromatic carbocycles. The first-order chi connectivity index (χ1) is 15.5. The minimum absolute atomic E-state index is 0.144. The maximum Gasteiger partial charge on any atom is 0.338 e. The van der Waals surface area contributed by atoms with E-state index in [1.54, 1.807) is 7.05 Å². The van der Waals surface area contributed by atoms with E-state index in [-0.39, 0.29) is 11.9 Å². The molecule has 0 aliphatic heterocycles. The Hall–Kier alpha value is -3.93. The Balaban J connectivity index is 1.91. The number of esters is 1. The molecule has 0 saturated heterocycles. The summed E-state index contributed by atoms with van der Waals surface area (Å²) in [4.78, 5) is 29.2. The van der Waals surface area contributed by atoms with Crippen LogP contribution in [0.3, 0.4) is 0 Å². The van der Waals surface area contributed by atoms with Crippen molar-refractivity contribution >= 4 is 22.9 Å². The Morgan fingerprint density at radius 2 is 1.78 bits per heavy atom. The molecule has 0 aliphatic carbocycles. The summed E-state index contributed by atoms with van der Waals surface area (Å²) in [6, 6.07) is 19.4. The fourth-order valence-corrected chi connectivity index (χ4v) is 3.99. The molecule has 6 nitrogen and oxygen atoms in total. The smallest absolute Gasteiger partial charge is 0.338 e. The van der Waals surface area contributed by atoms with Crippen LogP contribution in [0.15, 0.2) is 60.7 Å². The van der Waals surface area contributed by atoms with Crippen LogP contribution in [0, 0.1) is 6.92 Å². The first kappa shape index (κ1) is 21.3. The molecule has 0 atom stereocenters. The number of nitrogens with one attached hydrogen (secondary N) is 1. The molecule has 0 radical (unpaired) electrons. The molecule has 0 bridgehead atoms. The fourth-order valence-electron chi connectivity index (χ4n) is 3.99. The molecular weight excluding hydrogens is 402 g/mol. The lowest BCUT2D eigenvalue weighted by atomic mass is 9.95. The van der Waals surface area contributed by atoms with E-state index < -0.39 is 0 Å². The summed E-state index contributed by atoms with van der Waals surface area (Å²) in [6.07, 6.45) is 0. The van der Waals surface area contributed by atoms with Crippen LogP contribution in [0.2, 0.25) is 0 Å². The van der Waals surface area contributed by atoms with E-state index in [4.69, 9.17) is 9.72 Å². The summed E-state index contributed by atoms with van der Waals surface area (Å²) in [5.41, 5.74) is 6.52. The predicted molar refractivity (Wildman–Crippen MR) is 126 cm³/mol. The minimum Gasteiger partial charge on any atom is -0.465 e. The van der Waals surface area contributed by atoms with E-state index >= 15 is 0 Å². The molecule has 6 heteroatoms. The van der Waals surface area contributed by atoms with Crippen molar-refractivity contribution in [2.45, 2.75) is 20.4 Å². The van der Waals surface area contributed by atoms with E-state index in [9.17, 15) is 9.59 Å². The Morgan fingerprint density at radius 1 is 1.03 bits per heavy atom. The topological polar surface area (TPSA) is 73.2 Å². The molecule has 4 aromatic rings. The Morgan fingerprint density at radius 3 is 2.47 bits per heavy atom. The number of carbonyl (C=O) groups excluding carboxylic acids is 2. The minimum atomic E-state index is -0.357. The van der Waals surface area contributed by atoms with E-state index in [1.807, 2.05) is 67.6 Å². The molecule has 1 amide bonds. The number of aromatic nitrogens is 2. The van der Waals surface area contributed by atoms with Crippen LogP contribution in [0.1, 0.15) is 33.2 Å². The molecule has 162 valence electrons. The summed E-state index contributed by atoms with van der Waals surface area (Å²) in [6.45, 7) is 4.68. The van der Waals surface area contributed by atoms with Gasteiger partial charge in [0.15, 0.2) is 0 Å². The summed E-state index contributed by atoms with van der Waals surface area (Å²) >= 11 is 0. The number of nitrogens with zero attached hydrogens (tertiary/aromatic N) is 2. The summed E-state index contributed by atoms with van der Waals surface area (Å²) < 4.78 is 7.09. The number of rotatable bonds is 5. The van der Waals surface area contributed by atoms with Crippen LogP contribution >= 0.6 is 0 Å². The van der Waals surface area contributed by atoms with Crippen molar-refractivity contribution in [1.29, 1.82) is 0 Å². The maximum absolute atomic E-state index is 12.2. The van der Waals surface area contributed by atoms with Gasteiger partial charge in [0.25, 0.3) is 5.91 Å². The van der Waals surface area contributed by atoms with Crippen molar-refractivity contribution in [2.24, 2.45) is 0 Å².